The van der Waals surface area contributed by atoms with Crippen LogP contribution in [0.4, 0.5) is 5.82 Å². The Hall–Kier alpha value is -2.11. The molecule has 2 aromatic rings. The van der Waals surface area contributed by atoms with Crippen molar-refractivity contribution in [1.29, 1.82) is 0 Å². The number of amides is 1. The topological polar surface area (TPSA) is 79.3 Å². The average Bonchev–Trinajstić information content (AvgIpc) is 2.43. The van der Waals surface area contributed by atoms with Gasteiger partial charge >= 0.3 is 5.97 Å². The van der Waals surface area contributed by atoms with Crippen LogP contribution in [-0.2, 0) is 11.2 Å². The van der Waals surface area contributed by atoms with Crippen molar-refractivity contribution in [1.82, 2.24) is 4.98 Å². The molecule has 1 aromatic heterocycles. The number of nitrogens with zero attached hydrogens (tertiary/aromatic N) is 1. The Morgan fingerprint density at radius 2 is 1.71 bits per heavy atom. The first-order valence-corrected chi connectivity index (χ1v) is 6.66. The second kappa shape index (κ2) is 6.56. The molecule has 1 amide bonds. The van der Waals surface area contributed by atoms with Crippen LogP contribution in [0.5, 0.6) is 0 Å². The highest BCUT2D eigenvalue weighted by Crippen LogP contribution is 2.24. The first-order valence-electron chi connectivity index (χ1n) is 5.90. The maximum absolute atomic E-state index is 12.0. The minimum Gasteiger partial charge on any atom is -0.477 e. The second-order valence-electron chi connectivity index (χ2n) is 4.14. The maximum Gasteiger partial charge on any atom is 0.354 e. The Kier molecular flexibility index (Phi) is 4.77. The molecule has 0 radical (unpaired) electrons. The zero-order valence-electron chi connectivity index (χ0n) is 10.6. The number of carboxylic acid groups (broad SMARTS) is 1. The number of carboxylic acids is 1. The second-order valence-corrected chi connectivity index (χ2v) is 4.95. The summed E-state index contributed by atoms with van der Waals surface area (Å²) in [6, 6.07) is 9.29. The van der Waals surface area contributed by atoms with Gasteiger partial charge in [-0.1, -0.05) is 35.3 Å². The van der Waals surface area contributed by atoms with Crippen molar-refractivity contribution in [3.63, 3.8) is 0 Å². The van der Waals surface area contributed by atoms with Crippen molar-refractivity contribution in [2.45, 2.75) is 6.42 Å². The molecule has 0 bridgehead atoms. The van der Waals surface area contributed by atoms with E-state index in [1.165, 1.54) is 18.2 Å². The summed E-state index contributed by atoms with van der Waals surface area (Å²) in [5, 5.41) is 12.1. The van der Waals surface area contributed by atoms with Gasteiger partial charge in [0, 0.05) is 10.0 Å². The van der Waals surface area contributed by atoms with E-state index in [0.717, 1.165) is 0 Å². The lowest BCUT2D eigenvalue weighted by Crippen LogP contribution is -2.16. The Bertz CT molecular complexity index is 684. The number of hydrogen-bond donors (Lipinski definition) is 2. The molecule has 0 aliphatic carbocycles. The van der Waals surface area contributed by atoms with Crippen LogP contribution in [0.1, 0.15) is 16.1 Å². The zero-order valence-corrected chi connectivity index (χ0v) is 12.1. The van der Waals surface area contributed by atoms with E-state index in [0.29, 0.717) is 15.6 Å². The van der Waals surface area contributed by atoms with E-state index in [1.54, 1.807) is 18.2 Å². The molecule has 7 heteroatoms. The number of hydrogen-bond acceptors (Lipinski definition) is 3. The maximum atomic E-state index is 12.0. The van der Waals surface area contributed by atoms with Crippen LogP contribution in [0.3, 0.4) is 0 Å². The number of carbonyl (C=O) groups excluding carboxylic acids is 1. The smallest absolute Gasteiger partial charge is 0.354 e. The quantitative estimate of drug-likeness (QED) is 0.904. The number of anilines is 1. The van der Waals surface area contributed by atoms with Crippen LogP contribution in [0.15, 0.2) is 36.4 Å². The zero-order chi connectivity index (χ0) is 15.4. The number of halogens is 2. The molecule has 0 saturated heterocycles. The fourth-order valence-electron chi connectivity index (χ4n) is 1.67. The third-order valence-electron chi connectivity index (χ3n) is 2.63. The molecule has 0 spiro atoms. The minimum absolute atomic E-state index is 0.0303. The van der Waals surface area contributed by atoms with Crippen LogP contribution in [-0.4, -0.2) is 22.0 Å². The van der Waals surface area contributed by atoms with Gasteiger partial charge in [0.15, 0.2) is 5.69 Å². The highest BCUT2D eigenvalue weighted by Gasteiger charge is 2.12. The van der Waals surface area contributed by atoms with Gasteiger partial charge in [0.1, 0.15) is 5.82 Å². The molecule has 2 N–H and O–H groups in total. The van der Waals surface area contributed by atoms with Gasteiger partial charge in [-0.15, -0.1) is 0 Å². The number of carbonyl (C=O) groups is 2. The van der Waals surface area contributed by atoms with Gasteiger partial charge in [0.05, 0.1) is 6.42 Å². The summed E-state index contributed by atoms with van der Waals surface area (Å²) in [5.41, 5.74) is 0.358. The molecule has 0 atom stereocenters. The standard InChI is InChI=1S/C14H10Cl2N2O3/c15-9-3-1-4-10(16)8(9)7-13(19)18-12-6-2-5-11(17-12)14(20)21/h1-6H,7H2,(H,20,21)(H,17,18,19). The minimum atomic E-state index is -1.17. The summed E-state index contributed by atoms with van der Waals surface area (Å²) >= 11 is 12.0. The summed E-state index contributed by atoms with van der Waals surface area (Å²) in [5.74, 6) is -1.40. The van der Waals surface area contributed by atoms with E-state index in [4.69, 9.17) is 28.3 Å². The van der Waals surface area contributed by atoms with Gasteiger partial charge < -0.3 is 10.4 Å². The SMILES string of the molecule is O=C(Cc1c(Cl)cccc1Cl)Nc1cccc(C(=O)O)n1. The fraction of sp³-hybridized carbons (Fsp3) is 0.0714. The third kappa shape index (κ3) is 3.93. The number of nitrogens with one attached hydrogen (secondary N) is 1. The van der Waals surface area contributed by atoms with E-state index < -0.39 is 5.97 Å². The molecule has 0 fully saturated rings. The lowest BCUT2D eigenvalue weighted by molar-refractivity contribution is -0.115. The Morgan fingerprint density at radius 3 is 2.33 bits per heavy atom. The molecule has 108 valence electrons. The predicted octanol–water partition coefficient (Wildman–Crippen LogP) is 3.27. The van der Waals surface area contributed by atoms with E-state index in [1.807, 2.05) is 0 Å². The van der Waals surface area contributed by atoms with E-state index in [2.05, 4.69) is 10.3 Å². The average molecular weight is 325 g/mol. The number of rotatable bonds is 4. The lowest BCUT2D eigenvalue weighted by atomic mass is 10.1. The van der Waals surface area contributed by atoms with Crippen molar-refractivity contribution >= 4 is 40.9 Å². The summed E-state index contributed by atoms with van der Waals surface area (Å²) in [6.07, 6.45) is -0.0303. The van der Waals surface area contributed by atoms with Crippen molar-refractivity contribution in [2.24, 2.45) is 0 Å². The summed E-state index contributed by atoms with van der Waals surface area (Å²) < 4.78 is 0. The Labute approximate surface area is 130 Å². The van der Waals surface area contributed by atoms with Crippen LogP contribution in [0.2, 0.25) is 10.0 Å². The van der Waals surface area contributed by atoms with Gasteiger partial charge in [-0.05, 0) is 29.8 Å². The number of aromatic nitrogens is 1. The fourth-order valence-corrected chi connectivity index (χ4v) is 2.20. The predicted molar refractivity (Wildman–Crippen MR) is 80.0 cm³/mol. The number of benzene rings is 1. The van der Waals surface area contributed by atoms with E-state index in [9.17, 15) is 9.59 Å². The van der Waals surface area contributed by atoms with Crippen LogP contribution < -0.4 is 5.32 Å². The van der Waals surface area contributed by atoms with Crippen molar-refractivity contribution in [3.8, 4) is 0 Å². The van der Waals surface area contributed by atoms with Crippen LogP contribution >= 0.6 is 23.2 Å². The first-order chi connectivity index (χ1) is 9.97. The molecular weight excluding hydrogens is 315 g/mol. The molecule has 0 aliphatic heterocycles. The highest BCUT2D eigenvalue weighted by molar-refractivity contribution is 6.36. The molecular formula is C14H10Cl2N2O3. The van der Waals surface area contributed by atoms with Gasteiger partial charge in [-0.25, -0.2) is 9.78 Å². The number of aromatic carboxylic acids is 1. The van der Waals surface area contributed by atoms with E-state index in [-0.39, 0.29) is 23.8 Å². The first kappa shape index (κ1) is 15.3. The summed E-state index contributed by atoms with van der Waals surface area (Å²) in [6.45, 7) is 0. The van der Waals surface area contributed by atoms with E-state index >= 15 is 0 Å². The van der Waals surface area contributed by atoms with Crippen molar-refractivity contribution < 1.29 is 14.7 Å². The lowest BCUT2D eigenvalue weighted by Gasteiger charge is -2.08. The Morgan fingerprint density at radius 1 is 1.10 bits per heavy atom. The normalized spacial score (nSPS) is 10.2. The van der Waals surface area contributed by atoms with Crippen LogP contribution in [0, 0.1) is 0 Å². The van der Waals surface area contributed by atoms with Crippen molar-refractivity contribution in [2.75, 3.05) is 5.32 Å². The molecule has 1 aromatic carbocycles. The molecule has 2 rings (SSSR count). The molecule has 0 unspecified atom stereocenters. The van der Waals surface area contributed by atoms with Crippen molar-refractivity contribution in [3.05, 3.63) is 57.7 Å². The van der Waals surface area contributed by atoms with Gasteiger partial charge in [0.25, 0.3) is 0 Å². The third-order valence-corrected chi connectivity index (χ3v) is 3.34. The largest absolute Gasteiger partial charge is 0.477 e. The molecule has 1 heterocycles. The highest BCUT2D eigenvalue weighted by atomic mass is 35.5. The summed E-state index contributed by atoms with van der Waals surface area (Å²) in [7, 11) is 0. The number of pyridine rings is 1. The monoisotopic (exact) mass is 324 g/mol. The molecule has 5 nitrogen and oxygen atoms in total. The molecule has 0 aliphatic rings. The van der Waals surface area contributed by atoms with Crippen LogP contribution in [0.25, 0.3) is 0 Å². The molecule has 0 saturated carbocycles. The molecule has 21 heavy (non-hydrogen) atoms. The van der Waals surface area contributed by atoms with Gasteiger partial charge in [-0.2, -0.15) is 0 Å². The van der Waals surface area contributed by atoms with Gasteiger partial charge in [-0.3, -0.25) is 4.79 Å². The Balaban J connectivity index is 2.12. The van der Waals surface area contributed by atoms with Gasteiger partial charge in [0.2, 0.25) is 5.91 Å². The summed E-state index contributed by atoms with van der Waals surface area (Å²) in [4.78, 5) is 26.6.